The minimum absolute atomic E-state index is 0.105. The van der Waals surface area contributed by atoms with E-state index in [9.17, 15) is 9.18 Å². The van der Waals surface area contributed by atoms with Crippen molar-refractivity contribution in [3.8, 4) is 0 Å². The molecule has 3 nitrogen and oxygen atoms in total. The molecule has 1 aliphatic heterocycles. The van der Waals surface area contributed by atoms with Crippen LogP contribution in [-0.2, 0) is 0 Å². The van der Waals surface area contributed by atoms with Crippen LogP contribution in [0.2, 0.25) is 0 Å². The molecule has 4 heteroatoms. The van der Waals surface area contributed by atoms with Crippen LogP contribution in [0.4, 0.5) is 10.1 Å². The first kappa shape index (κ1) is 17.3. The fourth-order valence-corrected chi connectivity index (χ4v) is 3.44. The topological polar surface area (TPSA) is 55.4 Å². The Labute approximate surface area is 147 Å². The molecule has 1 amide bonds. The first-order valence-corrected chi connectivity index (χ1v) is 8.69. The highest BCUT2D eigenvalue weighted by atomic mass is 19.1. The number of allylic oxidation sites excluding steroid dienone is 6. The average Bonchev–Trinajstić information content (AvgIpc) is 2.75. The van der Waals surface area contributed by atoms with E-state index in [1.807, 2.05) is 12.2 Å². The van der Waals surface area contributed by atoms with E-state index in [2.05, 4.69) is 37.9 Å². The van der Waals surface area contributed by atoms with Crippen molar-refractivity contribution in [2.24, 2.45) is 16.6 Å². The van der Waals surface area contributed by atoms with Gasteiger partial charge >= 0.3 is 0 Å². The molecule has 2 aliphatic rings. The van der Waals surface area contributed by atoms with Crippen molar-refractivity contribution in [3.63, 3.8) is 0 Å². The number of aliphatic imine (C=N–C) groups is 1. The number of primary amides is 1. The zero-order chi connectivity index (χ0) is 18.1. The lowest BCUT2D eigenvalue weighted by molar-refractivity contribution is 0.0997. The van der Waals surface area contributed by atoms with Crippen molar-refractivity contribution in [2.75, 3.05) is 0 Å². The summed E-state index contributed by atoms with van der Waals surface area (Å²) in [5.74, 6) is -0.855. The van der Waals surface area contributed by atoms with Gasteiger partial charge in [0.1, 0.15) is 11.4 Å². The highest BCUT2D eigenvalue weighted by Crippen LogP contribution is 2.43. The molecule has 0 aromatic heterocycles. The Morgan fingerprint density at radius 2 is 2.16 bits per heavy atom. The van der Waals surface area contributed by atoms with Crippen LogP contribution >= 0.6 is 0 Å². The first-order valence-electron chi connectivity index (χ1n) is 8.69. The van der Waals surface area contributed by atoms with Crippen molar-refractivity contribution in [1.29, 1.82) is 0 Å². The Bertz CT molecular complexity index is 846. The number of nitrogens with zero attached hydrogens (tertiary/aromatic N) is 1. The molecule has 0 spiro atoms. The second-order valence-corrected chi connectivity index (χ2v) is 6.74. The van der Waals surface area contributed by atoms with E-state index >= 15 is 0 Å². The molecule has 0 saturated heterocycles. The molecular formula is C21H23FN2O. The molecule has 0 bridgehead atoms. The van der Waals surface area contributed by atoms with Crippen molar-refractivity contribution >= 4 is 23.4 Å². The van der Waals surface area contributed by atoms with Crippen LogP contribution in [0.15, 0.2) is 40.9 Å². The fraction of sp³-hybridized carbons (Fsp3) is 0.333. The van der Waals surface area contributed by atoms with Crippen LogP contribution in [0.5, 0.6) is 0 Å². The normalized spacial score (nSPS) is 22.1. The molecule has 0 saturated carbocycles. The summed E-state index contributed by atoms with van der Waals surface area (Å²) in [4.78, 5) is 16.1. The number of carbonyl (C=O) groups excluding carboxylic acids is 1. The zero-order valence-electron chi connectivity index (χ0n) is 14.8. The van der Waals surface area contributed by atoms with E-state index in [4.69, 9.17) is 5.73 Å². The van der Waals surface area contributed by atoms with Crippen LogP contribution in [0.1, 0.15) is 61.0 Å². The predicted molar refractivity (Wildman–Crippen MR) is 101 cm³/mol. The molecule has 1 aromatic rings. The third kappa shape index (κ3) is 3.09. The quantitative estimate of drug-likeness (QED) is 0.823. The summed E-state index contributed by atoms with van der Waals surface area (Å²) in [7, 11) is 0. The van der Waals surface area contributed by atoms with Crippen molar-refractivity contribution in [2.45, 2.75) is 39.5 Å². The van der Waals surface area contributed by atoms with E-state index in [1.165, 1.54) is 11.6 Å². The molecule has 2 unspecified atom stereocenters. The highest BCUT2D eigenvalue weighted by Gasteiger charge is 2.28. The maximum absolute atomic E-state index is 14.7. The molecule has 3 rings (SSSR count). The van der Waals surface area contributed by atoms with E-state index in [-0.39, 0.29) is 11.5 Å². The minimum Gasteiger partial charge on any atom is -0.365 e. The maximum Gasteiger partial charge on any atom is 0.253 e. The second kappa shape index (κ2) is 6.79. The molecule has 25 heavy (non-hydrogen) atoms. The number of hydrogen-bond acceptors (Lipinski definition) is 2. The highest BCUT2D eigenvalue weighted by molar-refractivity contribution is 6.01. The third-order valence-electron chi connectivity index (χ3n) is 5.17. The number of hydrogen-bond donors (Lipinski definition) is 1. The molecule has 130 valence electrons. The molecule has 1 aromatic carbocycles. The molecule has 1 aliphatic carbocycles. The summed E-state index contributed by atoms with van der Waals surface area (Å²) in [6, 6.07) is 1.44. The van der Waals surface area contributed by atoms with Crippen LogP contribution < -0.4 is 5.73 Å². The predicted octanol–water partition coefficient (Wildman–Crippen LogP) is 5.06. The lowest BCUT2D eigenvalue weighted by Crippen LogP contribution is -2.18. The summed E-state index contributed by atoms with van der Waals surface area (Å²) in [5, 5.41) is 0. The van der Waals surface area contributed by atoms with E-state index in [0.29, 0.717) is 11.6 Å². The number of fused-ring (bicyclic) bond motifs is 1. The number of nitrogens with two attached hydrogens (primary N) is 1. The van der Waals surface area contributed by atoms with Gasteiger partial charge in [-0.1, -0.05) is 43.7 Å². The molecular weight excluding hydrogens is 315 g/mol. The van der Waals surface area contributed by atoms with Gasteiger partial charge in [0.25, 0.3) is 5.91 Å². The van der Waals surface area contributed by atoms with Gasteiger partial charge in [-0.15, -0.1) is 0 Å². The van der Waals surface area contributed by atoms with Gasteiger partial charge in [0.15, 0.2) is 0 Å². The Balaban J connectivity index is 2.29. The summed E-state index contributed by atoms with van der Waals surface area (Å²) in [6.45, 7) is 6.30. The lowest BCUT2D eigenvalue weighted by Gasteiger charge is -2.25. The summed E-state index contributed by atoms with van der Waals surface area (Å²) in [6.07, 6.45) is 11.7. The number of halogens is 1. The van der Waals surface area contributed by atoms with E-state index in [0.717, 1.165) is 29.5 Å². The van der Waals surface area contributed by atoms with Gasteiger partial charge in [-0.3, -0.25) is 9.79 Å². The standard InChI is InChI=1S/C21H23FN2O/c1-4-14-9-10-24-20-18(14)16(11-17(22)19(20)21(23)25)15-7-5-12(2)13(3)6-8-15/h5-8,10-12,14H,4,9H2,1-3H3,(H2,23,25). The fourth-order valence-electron chi connectivity index (χ4n) is 3.44. The van der Waals surface area contributed by atoms with Gasteiger partial charge < -0.3 is 5.73 Å². The lowest BCUT2D eigenvalue weighted by atomic mass is 9.82. The van der Waals surface area contributed by atoms with Crippen LogP contribution in [0, 0.1) is 11.7 Å². The summed E-state index contributed by atoms with van der Waals surface area (Å²) < 4.78 is 14.7. The smallest absolute Gasteiger partial charge is 0.253 e. The SMILES string of the molecule is CCC1CC=Nc2c(C(N)=O)c(F)cc(C3=CC=C(C)C(C)C=C3)c21. The molecule has 2 N–H and O–H groups in total. The van der Waals surface area contributed by atoms with Crippen molar-refractivity contribution in [1.82, 2.24) is 0 Å². The average molecular weight is 338 g/mol. The monoisotopic (exact) mass is 338 g/mol. The molecule has 1 heterocycles. The van der Waals surface area contributed by atoms with Crippen molar-refractivity contribution in [3.05, 3.63) is 58.5 Å². The van der Waals surface area contributed by atoms with Crippen molar-refractivity contribution < 1.29 is 9.18 Å². The number of carbonyl (C=O) groups is 1. The number of benzene rings is 1. The van der Waals surface area contributed by atoms with Gasteiger partial charge in [-0.05, 0) is 54.4 Å². The van der Waals surface area contributed by atoms with Crippen LogP contribution in [-0.4, -0.2) is 12.1 Å². The molecule has 2 atom stereocenters. The largest absolute Gasteiger partial charge is 0.365 e. The van der Waals surface area contributed by atoms with Gasteiger partial charge in [0.05, 0.1) is 5.69 Å². The summed E-state index contributed by atoms with van der Waals surface area (Å²) in [5.41, 5.74) is 9.63. The number of rotatable bonds is 3. The van der Waals surface area contributed by atoms with Gasteiger partial charge in [-0.2, -0.15) is 0 Å². The van der Waals surface area contributed by atoms with Gasteiger partial charge in [0.2, 0.25) is 0 Å². The minimum atomic E-state index is -0.774. The third-order valence-corrected chi connectivity index (χ3v) is 5.17. The summed E-state index contributed by atoms with van der Waals surface area (Å²) >= 11 is 0. The van der Waals surface area contributed by atoms with Gasteiger partial charge in [-0.25, -0.2) is 4.39 Å². The number of amides is 1. The Morgan fingerprint density at radius 3 is 2.84 bits per heavy atom. The molecule has 0 fully saturated rings. The Hall–Kier alpha value is -2.49. The Kier molecular flexibility index (Phi) is 4.71. The van der Waals surface area contributed by atoms with Crippen LogP contribution in [0.25, 0.3) is 5.57 Å². The van der Waals surface area contributed by atoms with E-state index < -0.39 is 11.7 Å². The van der Waals surface area contributed by atoms with Crippen LogP contribution in [0.3, 0.4) is 0 Å². The Morgan fingerprint density at radius 1 is 1.40 bits per heavy atom. The van der Waals surface area contributed by atoms with E-state index in [1.54, 1.807) is 6.21 Å². The van der Waals surface area contributed by atoms with Gasteiger partial charge in [0, 0.05) is 6.21 Å². The maximum atomic E-state index is 14.7. The first-order chi connectivity index (χ1) is 11.9. The second-order valence-electron chi connectivity index (χ2n) is 6.74. The molecule has 0 radical (unpaired) electrons. The zero-order valence-corrected chi connectivity index (χ0v) is 14.8.